The lowest BCUT2D eigenvalue weighted by Crippen LogP contribution is -2.26. The van der Waals surface area contributed by atoms with Crippen LogP contribution in [-0.2, 0) is 26.9 Å². The van der Waals surface area contributed by atoms with Crippen LogP contribution in [0.4, 0.5) is 32.2 Å². The van der Waals surface area contributed by atoms with Crippen LogP contribution in [0.1, 0.15) is 18.1 Å². The van der Waals surface area contributed by atoms with Crippen LogP contribution in [0.15, 0.2) is 11.0 Å². The summed E-state index contributed by atoms with van der Waals surface area (Å²) >= 11 is 7.89. The van der Waals surface area contributed by atoms with E-state index in [1.54, 1.807) is 6.92 Å². The molecule has 0 aliphatic carbocycles. The number of anilines is 1. The summed E-state index contributed by atoms with van der Waals surface area (Å²) in [5, 5.41) is 14.8. The minimum atomic E-state index is -5.36. The van der Waals surface area contributed by atoms with Gasteiger partial charge < -0.3 is 14.6 Å². The minimum absolute atomic E-state index is 0.108. The summed E-state index contributed by atoms with van der Waals surface area (Å²) in [5.74, 6) is -1.71. The average Bonchev–Trinajstić information content (AvgIpc) is 3.06. The molecule has 1 unspecified atom stereocenters. The number of halogens is 8. The summed E-state index contributed by atoms with van der Waals surface area (Å²) in [6, 6.07) is 1.50. The zero-order chi connectivity index (χ0) is 24.4. The van der Waals surface area contributed by atoms with Crippen molar-refractivity contribution in [3.05, 3.63) is 27.2 Å². The van der Waals surface area contributed by atoms with Gasteiger partial charge in [0.15, 0.2) is 11.5 Å². The van der Waals surface area contributed by atoms with E-state index in [4.69, 9.17) is 33.2 Å². The van der Waals surface area contributed by atoms with Gasteiger partial charge in [-0.1, -0.05) is 23.2 Å². The van der Waals surface area contributed by atoms with E-state index in [0.29, 0.717) is 0 Å². The number of carbonyl (C=O) groups is 1. The lowest BCUT2D eigenvalue weighted by molar-refractivity contribution is -0.137. The topological polar surface area (TPSA) is 114 Å². The van der Waals surface area contributed by atoms with Crippen LogP contribution >= 0.6 is 23.2 Å². The Hall–Kier alpha value is -2.18. The lowest BCUT2D eigenvalue weighted by Gasteiger charge is -2.16. The van der Waals surface area contributed by atoms with Gasteiger partial charge in [-0.3, -0.25) is 9.89 Å². The third-order valence-electron chi connectivity index (χ3n) is 3.69. The molecule has 1 aromatic carbocycles. The molecular formula is C16H10Cl2F6N4O3S. The van der Waals surface area contributed by atoms with Gasteiger partial charge in [0.1, 0.15) is 23.9 Å². The van der Waals surface area contributed by atoms with Crippen molar-refractivity contribution in [2.45, 2.75) is 23.5 Å². The SMILES string of the molecule is CCOCC(=O)Nc1[nH]nc(-c2c(Cl)cc(C(F)(F)F)c(C#N)c2Cl)c1[S+]([O-])C(F)(F)F. The first-order valence-electron chi connectivity index (χ1n) is 8.18. The van der Waals surface area contributed by atoms with Crippen molar-refractivity contribution in [2.24, 2.45) is 0 Å². The molecule has 0 saturated heterocycles. The highest BCUT2D eigenvalue weighted by molar-refractivity contribution is 7.92. The average molecular weight is 523 g/mol. The number of rotatable bonds is 6. The van der Waals surface area contributed by atoms with Crippen molar-refractivity contribution in [3.8, 4) is 17.3 Å². The van der Waals surface area contributed by atoms with E-state index in [0.717, 1.165) is 0 Å². The first kappa shape index (κ1) is 26.1. The maximum Gasteiger partial charge on any atom is 0.578 e. The molecule has 1 aromatic heterocycles. The van der Waals surface area contributed by atoms with Gasteiger partial charge in [-0.2, -0.15) is 23.5 Å². The minimum Gasteiger partial charge on any atom is -0.604 e. The molecule has 0 aliphatic heterocycles. The quantitative estimate of drug-likeness (QED) is 0.414. The maximum atomic E-state index is 13.2. The molecule has 0 spiro atoms. The number of aromatic nitrogens is 2. The summed E-state index contributed by atoms with van der Waals surface area (Å²) in [7, 11) is 0. The van der Waals surface area contributed by atoms with Crippen molar-refractivity contribution in [1.82, 2.24) is 10.2 Å². The predicted octanol–water partition coefficient (Wildman–Crippen LogP) is 4.88. The number of nitriles is 1. The number of alkyl halides is 6. The highest BCUT2D eigenvalue weighted by atomic mass is 35.5. The molecule has 1 atom stereocenters. The van der Waals surface area contributed by atoms with Crippen molar-refractivity contribution >= 4 is 46.1 Å². The fraction of sp³-hybridized carbons (Fsp3) is 0.312. The monoisotopic (exact) mass is 522 g/mol. The molecule has 1 amide bonds. The Labute approximate surface area is 188 Å². The number of carbonyl (C=O) groups excluding carboxylic acids is 1. The summed E-state index contributed by atoms with van der Waals surface area (Å²) < 4.78 is 96.3. The second-order valence-corrected chi connectivity index (χ2v) is 7.95. The maximum absolute atomic E-state index is 13.2. The number of hydrogen-bond donors (Lipinski definition) is 2. The van der Waals surface area contributed by atoms with Crippen molar-refractivity contribution in [3.63, 3.8) is 0 Å². The van der Waals surface area contributed by atoms with Gasteiger partial charge in [0.2, 0.25) is 4.90 Å². The first-order valence-corrected chi connectivity index (χ1v) is 10.1. The van der Waals surface area contributed by atoms with Crippen LogP contribution in [-0.4, -0.2) is 39.4 Å². The molecule has 0 bridgehead atoms. The molecule has 174 valence electrons. The number of ether oxygens (including phenoxy) is 1. The van der Waals surface area contributed by atoms with Gasteiger partial charge in [-0.05, 0) is 13.0 Å². The molecule has 7 nitrogen and oxygen atoms in total. The number of aromatic amines is 1. The third kappa shape index (κ3) is 5.41. The summed E-state index contributed by atoms with van der Waals surface area (Å²) in [6.07, 6.45) is -5.06. The van der Waals surface area contributed by atoms with E-state index < -0.39 is 78.5 Å². The number of amides is 1. The van der Waals surface area contributed by atoms with E-state index in [2.05, 4.69) is 5.10 Å². The zero-order valence-electron chi connectivity index (χ0n) is 15.5. The molecule has 16 heteroatoms. The molecule has 2 aromatic rings. The van der Waals surface area contributed by atoms with Gasteiger partial charge in [-0.15, -0.1) is 13.2 Å². The second kappa shape index (κ2) is 9.75. The second-order valence-electron chi connectivity index (χ2n) is 5.76. The van der Waals surface area contributed by atoms with Gasteiger partial charge in [0, 0.05) is 12.2 Å². The Morgan fingerprint density at radius 2 is 1.97 bits per heavy atom. The Kier molecular flexibility index (Phi) is 7.95. The fourth-order valence-electron chi connectivity index (χ4n) is 2.42. The third-order valence-corrected chi connectivity index (χ3v) is 5.56. The van der Waals surface area contributed by atoms with Gasteiger partial charge in [0.05, 0.1) is 21.2 Å². The number of nitrogens with one attached hydrogen (secondary N) is 2. The van der Waals surface area contributed by atoms with E-state index >= 15 is 0 Å². The molecule has 0 saturated carbocycles. The van der Waals surface area contributed by atoms with Gasteiger partial charge in [0.25, 0.3) is 5.91 Å². The Morgan fingerprint density at radius 1 is 1.34 bits per heavy atom. The van der Waals surface area contributed by atoms with Crippen LogP contribution < -0.4 is 5.32 Å². The summed E-state index contributed by atoms with van der Waals surface area (Å²) in [4.78, 5) is 10.7. The molecule has 0 radical (unpaired) electrons. The van der Waals surface area contributed by atoms with E-state index in [9.17, 15) is 35.7 Å². The molecule has 1 heterocycles. The van der Waals surface area contributed by atoms with Gasteiger partial charge in [-0.25, -0.2) is 0 Å². The highest BCUT2D eigenvalue weighted by Gasteiger charge is 2.50. The van der Waals surface area contributed by atoms with Crippen molar-refractivity contribution in [2.75, 3.05) is 18.5 Å². The van der Waals surface area contributed by atoms with Crippen LogP contribution in [0.3, 0.4) is 0 Å². The number of nitrogens with zero attached hydrogens (tertiary/aromatic N) is 2. The van der Waals surface area contributed by atoms with Gasteiger partial charge >= 0.3 is 11.7 Å². The zero-order valence-corrected chi connectivity index (χ0v) is 17.9. The van der Waals surface area contributed by atoms with Crippen LogP contribution in [0.25, 0.3) is 11.3 Å². The van der Waals surface area contributed by atoms with E-state index in [1.807, 2.05) is 10.4 Å². The highest BCUT2D eigenvalue weighted by Crippen LogP contribution is 2.47. The van der Waals surface area contributed by atoms with Crippen molar-refractivity contribution < 1.29 is 40.4 Å². The first-order chi connectivity index (χ1) is 14.7. The summed E-state index contributed by atoms with van der Waals surface area (Å²) in [6.45, 7) is 1.09. The van der Waals surface area contributed by atoms with Crippen LogP contribution in [0.5, 0.6) is 0 Å². The summed E-state index contributed by atoms with van der Waals surface area (Å²) in [5.41, 5.74) is -9.61. The van der Waals surface area contributed by atoms with E-state index in [-0.39, 0.29) is 12.7 Å². The smallest absolute Gasteiger partial charge is 0.578 e. The predicted molar refractivity (Wildman–Crippen MR) is 101 cm³/mol. The van der Waals surface area contributed by atoms with Crippen LogP contribution in [0.2, 0.25) is 10.0 Å². The number of H-pyrrole nitrogens is 1. The Balaban J connectivity index is 2.76. The fourth-order valence-corrected chi connectivity index (χ4v) is 3.94. The normalized spacial score (nSPS) is 13.0. The molecule has 0 fully saturated rings. The molecule has 2 rings (SSSR count). The van der Waals surface area contributed by atoms with Crippen LogP contribution in [0, 0.1) is 11.3 Å². The molecule has 0 aliphatic rings. The van der Waals surface area contributed by atoms with Crippen molar-refractivity contribution in [1.29, 1.82) is 5.26 Å². The molecule has 32 heavy (non-hydrogen) atoms. The Bertz CT molecular complexity index is 1070. The molecule has 2 N–H and O–H groups in total. The van der Waals surface area contributed by atoms with E-state index in [1.165, 1.54) is 6.07 Å². The number of benzene rings is 1. The molecular weight excluding hydrogens is 513 g/mol. The largest absolute Gasteiger partial charge is 0.604 e. The number of hydrogen-bond acceptors (Lipinski definition) is 5. The Morgan fingerprint density at radius 3 is 2.47 bits per heavy atom. The lowest BCUT2D eigenvalue weighted by atomic mass is 10.0. The standard InChI is InChI=1S/C16H10Cl2F6N4O3S/c1-2-31-5-9(29)26-14-13(32(30)16(22,23)24)12(27-28-14)10-8(17)3-7(15(19,20)21)6(4-25)11(10)18/h3H,2,5H2,1H3,(H2,26,27,28,29).